The van der Waals surface area contributed by atoms with Crippen molar-refractivity contribution in [3.63, 3.8) is 0 Å². The standard InChI is InChI=1S/C11H16N2O4/c1-8(15)9-6-10(13-7-9)11(16)12-2-4-17-5-3-14/h6-7,13-14H,2-5H2,1H3,(H,12,16). The fraction of sp³-hybridized carbons (Fsp3) is 0.455. The number of Topliss-reactive ketones (excluding diaryl/α,β-unsaturated/α-hetero) is 1. The molecule has 0 fully saturated rings. The van der Waals surface area contributed by atoms with Crippen LogP contribution in [0.4, 0.5) is 0 Å². The molecule has 1 heterocycles. The van der Waals surface area contributed by atoms with Crippen molar-refractivity contribution in [2.45, 2.75) is 6.92 Å². The van der Waals surface area contributed by atoms with Crippen LogP contribution in [0.1, 0.15) is 27.8 Å². The topological polar surface area (TPSA) is 91.4 Å². The first kappa shape index (κ1) is 13.4. The minimum absolute atomic E-state index is 0.0352. The van der Waals surface area contributed by atoms with Gasteiger partial charge >= 0.3 is 0 Å². The Labute approximate surface area is 99.0 Å². The Balaban J connectivity index is 2.34. The lowest BCUT2D eigenvalue weighted by Gasteiger charge is -2.03. The Bertz CT molecular complexity index is 387. The maximum Gasteiger partial charge on any atom is 0.267 e. The van der Waals surface area contributed by atoms with Crippen molar-refractivity contribution in [1.82, 2.24) is 10.3 Å². The number of amides is 1. The number of aliphatic hydroxyl groups is 1. The van der Waals surface area contributed by atoms with Gasteiger partial charge in [-0.05, 0) is 13.0 Å². The average Bonchev–Trinajstić information content (AvgIpc) is 2.78. The van der Waals surface area contributed by atoms with Gasteiger partial charge < -0.3 is 20.1 Å². The van der Waals surface area contributed by atoms with E-state index in [2.05, 4.69) is 10.3 Å². The van der Waals surface area contributed by atoms with Crippen molar-refractivity contribution in [1.29, 1.82) is 0 Å². The van der Waals surface area contributed by atoms with Crippen LogP contribution in [0.2, 0.25) is 0 Å². The molecule has 17 heavy (non-hydrogen) atoms. The van der Waals surface area contributed by atoms with E-state index in [4.69, 9.17) is 9.84 Å². The Morgan fingerprint density at radius 2 is 2.24 bits per heavy atom. The highest BCUT2D eigenvalue weighted by molar-refractivity contribution is 5.99. The number of ketones is 1. The Hall–Kier alpha value is -1.66. The van der Waals surface area contributed by atoms with Gasteiger partial charge in [-0.2, -0.15) is 0 Å². The van der Waals surface area contributed by atoms with Gasteiger partial charge in [0.05, 0.1) is 19.8 Å². The van der Waals surface area contributed by atoms with Gasteiger partial charge in [0.2, 0.25) is 0 Å². The van der Waals surface area contributed by atoms with Gasteiger partial charge in [-0.15, -0.1) is 0 Å². The van der Waals surface area contributed by atoms with Crippen LogP contribution in [0.5, 0.6) is 0 Å². The molecule has 0 atom stereocenters. The zero-order valence-electron chi connectivity index (χ0n) is 9.66. The first-order chi connectivity index (χ1) is 8.15. The lowest BCUT2D eigenvalue weighted by Crippen LogP contribution is -2.27. The van der Waals surface area contributed by atoms with E-state index in [1.807, 2.05) is 0 Å². The van der Waals surface area contributed by atoms with E-state index < -0.39 is 0 Å². The van der Waals surface area contributed by atoms with Crippen molar-refractivity contribution >= 4 is 11.7 Å². The largest absolute Gasteiger partial charge is 0.394 e. The molecule has 1 aromatic rings. The zero-order valence-corrected chi connectivity index (χ0v) is 9.66. The molecule has 6 heteroatoms. The monoisotopic (exact) mass is 240 g/mol. The number of H-pyrrole nitrogens is 1. The number of hydrogen-bond acceptors (Lipinski definition) is 4. The molecular formula is C11H16N2O4. The molecule has 94 valence electrons. The number of aliphatic hydroxyl groups excluding tert-OH is 1. The maximum atomic E-state index is 11.6. The van der Waals surface area contributed by atoms with Crippen molar-refractivity contribution in [3.8, 4) is 0 Å². The number of hydrogen-bond donors (Lipinski definition) is 3. The highest BCUT2D eigenvalue weighted by Crippen LogP contribution is 2.03. The molecule has 3 N–H and O–H groups in total. The summed E-state index contributed by atoms with van der Waals surface area (Å²) in [5, 5.41) is 11.1. The third-order valence-corrected chi connectivity index (χ3v) is 2.10. The maximum absolute atomic E-state index is 11.6. The third kappa shape index (κ3) is 4.38. The molecule has 0 aliphatic heterocycles. The lowest BCUT2D eigenvalue weighted by molar-refractivity contribution is 0.0835. The summed E-state index contributed by atoms with van der Waals surface area (Å²) in [6.07, 6.45) is 1.50. The molecule has 0 spiro atoms. The number of rotatable bonds is 7. The predicted octanol–water partition coefficient (Wildman–Crippen LogP) is -0.0440. The number of carbonyl (C=O) groups excluding carboxylic acids is 2. The van der Waals surface area contributed by atoms with E-state index in [9.17, 15) is 9.59 Å². The summed E-state index contributed by atoms with van der Waals surface area (Å²) in [5.41, 5.74) is 0.823. The summed E-state index contributed by atoms with van der Waals surface area (Å²) >= 11 is 0. The van der Waals surface area contributed by atoms with Crippen LogP contribution >= 0.6 is 0 Å². The van der Waals surface area contributed by atoms with E-state index in [1.54, 1.807) is 0 Å². The summed E-state index contributed by atoms with van der Waals surface area (Å²) in [7, 11) is 0. The molecule has 0 aliphatic rings. The highest BCUT2D eigenvalue weighted by atomic mass is 16.5. The van der Waals surface area contributed by atoms with Crippen LogP contribution in [0.25, 0.3) is 0 Å². The first-order valence-corrected chi connectivity index (χ1v) is 5.31. The zero-order chi connectivity index (χ0) is 12.7. The summed E-state index contributed by atoms with van der Waals surface area (Å²) < 4.78 is 4.98. The quantitative estimate of drug-likeness (QED) is 0.460. The second kappa shape index (κ2) is 6.82. The summed E-state index contributed by atoms with van der Waals surface area (Å²) in [6, 6.07) is 1.51. The van der Waals surface area contributed by atoms with Gasteiger partial charge in [-0.1, -0.05) is 0 Å². The summed E-state index contributed by atoms with van der Waals surface area (Å²) in [6.45, 7) is 2.35. The first-order valence-electron chi connectivity index (χ1n) is 5.31. The van der Waals surface area contributed by atoms with Crippen molar-refractivity contribution < 1.29 is 19.4 Å². The number of aromatic amines is 1. The van der Waals surface area contributed by atoms with E-state index in [0.717, 1.165) is 0 Å². The Morgan fingerprint density at radius 3 is 2.82 bits per heavy atom. The van der Waals surface area contributed by atoms with E-state index >= 15 is 0 Å². The van der Waals surface area contributed by atoms with Gasteiger partial charge in [0.25, 0.3) is 5.91 Å². The van der Waals surface area contributed by atoms with Crippen LogP contribution in [-0.4, -0.2) is 48.1 Å². The van der Waals surface area contributed by atoms with Gasteiger partial charge in [0.1, 0.15) is 5.69 Å². The average molecular weight is 240 g/mol. The number of aromatic nitrogens is 1. The smallest absolute Gasteiger partial charge is 0.267 e. The molecule has 1 amide bonds. The van der Waals surface area contributed by atoms with E-state index in [0.29, 0.717) is 24.4 Å². The van der Waals surface area contributed by atoms with Crippen LogP contribution in [-0.2, 0) is 4.74 Å². The lowest BCUT2D eigenvalue weighted by atomic mass is 10.2. The second-order valence-electron chi connectivity index (χ2n) is 3.45. The highest BCUT2D eigenvalue weighted by Gasteiger charge is 2.09. The van der Waals surface area contributed by atoms with Gasteiger partial charge in [0.15, 0.2) is 5.78 Å². The SMILES string of the molecule is CC(=O)c1c[nH]c(C(=O)NCCOCCO)c1. The van der Waals surface area contributed by atoms with Crippen molar-refractivity contribution in [2.24, 2.45) is 0 Å². The van der Waals surface area contributed by atoms with E-state index in [-0.39, 0.29) is 24.9 Å². The molecule has 1 rings (SSSR count). The van der Waals surface area contributed by atoms with Gasteiger partial charge in [0, 0.05) is 18.3 Å². The van der Waals surface area contributed by atoms with Gasteiger partial charge in [-0.25, -0.2) is 0 Å². The minimum Gasteiger partial charge on any atom is -0.394 e. The molecular weight excluding hydrogens is 224 g/mol. The molecule has 0 unspecified atom stereocenters. The fourth-order valence-corrected chi connectivity index (χ4v) is 1.23. The molecule has 0 saturated carbocycles. The Kier molecular flexibility index (Phi) is 5.38. The number of carbonyl (C=O) groups is 2. The molecule has 6 nitrogen and oxygen atoms in total. The normalized spacial score (nSPS) is 10.2. The molecule has 0 saturated heterocycles. The molecule has 0 aliphatic carbocycles. The molecule has 1 aromatic heterocycles. The van der Waals surface area contributed by atoms with Crippen LogP contribution < -0.4 is 5.32 Å². The molecule has 0 bridgehead atoms. The third-order valence-electron chi connectivity index (χ3n) is 2.10. The van der Waals surface area contributed by atoms with Crippen LogP contribution in [0, 0.1) is 0 Å². The van der Waals surface area contributed by atoms with E-state index in [1.165, 1.54) is 19.2 Å². The summed E-state index contributed by atoms with van der Waals surface area (Å²) in [4.78, 5) is 25.3. The van der Waals surface area contributed by atoms with Crippen LogP contribution in [0.3, 0.4) is 0 Å². The molecule has 0 aromatic carbocycles. The Morgan fingerprint density at radius 1 is 1.47 bits per heavy atom. The van der Waals surface area contributed by atoms with Crippen molar-refractivity contribution in [2.75, 3.05) is 26.4 Å². The second-order valence-corrected chi connectivity index (χ2v) is 3.45. The minimum atomic E-state index is -0.287. The predicted molar refractivity (Wildman–Crippen MR) is 61.0 cm³/mol. The van der Waals surface area contributed by atoms with Crippen LogP contribution in [0.15, 0.2) is 12.3 Å². The van der Waals surface area contributed by atoms with Gasteiger partial charge in [-0.3, -0.25) is 9.59 Å². The number of nitrogens with one attached hydrogen (secondary N) is 2. The summed E-state index contributed by atoms with van der Waals surface area (Å²) in [5.74, 6) is -0.378. The number of ether oxygens (including phenoxy) is 1. The van der Waals surface area contributed by atoms with Crippen molar-refractivity contribution in [3.05, 3.63) is 23.5 Å². The molecule has 0 radical (unpaired) electrons. The fourth-order valence-electron chi connectivity index (χ4n) is 1.23.